The van der Waals surface area contributed by atoms with E-state index < -0.39 is 23.5 Å². The van der Waals surface area contributed by atoms with Gasteiger partial charge in [-0.25, -0.2) is 9.18 Å². The van der Waals surface area contributed by atoms with E-state index in [1.54, 1.807) is 26.0 Å². The van der Waals surface area contributed by atoms with Gasteiger partial charge >= 0.3 is 5.97 Å². The summed E-state index contributed by atoms with van der Waals surface area (Å²) in [7, 11) is 0. The molecule has 0 aliphatic heterocycles. The molecule has 6 nitrogen and oxygen atoms in total. The van der Waals surface area contributed by atoms with Gasteiger partial charge in [0.2, 0.25) is 0 Å². The summed E-state index contributed by atoms with van der Waals surface area (Å²) in [5, 5.41) is 2.59. The number of aromatic amines is 1. The van der Waals surface area contributed by atoms with Crippen molar-refractivity contribution in [2.24, 2.45) is 0 Å². The molecule has 0 fully saturated rings. The van der Waals surface area contributed by atoms with E-state index >= 15 is 0 Å². The molecular weight excluding hydrogens is 387 g/mol. The minimum absolute atomic E-state index is 0.0618. The van der Waals surface area contributed by atoms with Crippen LogP contribution < -0.4 is 5.32 Å². The second kappa shape index (κ2) is 8.73. The van der Waals surface area contributed by atoms with E-state index in [4.69, 9.17) is 4.74 Å². The first kappa shape index (κ1) is 21.0. The highest BCUT2D eigenvalue weighted by Gasteiger charge is 2.30. The van der Waals surface area contributed by atoms with Crippen LogP contribution in [0.3, 0.4) is 0 Å². The summed E-state index contributed by atoms with van der Waals surface area (Å²) in [6.45, 7) is 5.22. The Morgan fingerprint density at radius 1 is 1.03 bits per heavy atom. The molecule has 3 aromatic rings. The number of carbonyl (C=O) groups excluding carboxylic acids is 3. The lowest BCUT2D eigenvalue weighted by Gasteiger charge is -2.09. The third-order valence-electron chi connectivity index (χ3n) is 4.63. The SMILES string of the molecule is CCOC(=O)c1c(C)[nH]c(C(=O)C(=O)Nc2ccccc2C)c1-c1ccc(F)cc1. The van der Waals surface area contributed by atoms with Crippen LogP contribution in [0, 0.1) is 19.7 Å². The molecule has 1 amide bonds. The number of ketones is 1. The van der Waals surface area contributed by atoms with Crippen LogP contribution in [0.25, 0.3) is 11.1 Å². The summed E-state index contributed by atoms with van der Waals surface area (Å²) in [5.74, 6) is -2.81. The Labute approximate surface area is 173 Å². The first-order chi connectivity index (χ1) is 14.3. The number of carbonyl (C=O) groups is 3. The predicted molar refractivity (Wildman–Crippen MR) is 111 cm³/mol. The van der Waals surface area contributed by atoms with Crippen molar-refractivity contribution in [1.29, 1.82) is 0 Å². The molecule has 0 unspecified atom stereocenters. The van der Waals surface area contributed by atoms with Gasteiger partial charge in [-0.05, 0) is 50.1 Å². The second-order valence-corrected chi connectivity index (χ2v) is 6.70. The van der Waals surface area contributed by atoms with Crippen LogP contribution in [0.4, 0.5) is 10.1 Å². The van der Waals surface area contributed by atoms with Crippen molar-refractivity contribution in [3.8, 4) is 11.1 Å². The quantitative estimate of drug-likeness (QED) is 0.359. The summed E-state index contributed by atoms with van der Waals surface area (Å²) in [4.78, 5) is 41.0. The molecule has 2 aromatic carbocycles. The summed E-state index contributed by atoms with van der Waals surface area (Å²) in [6.07, 6.45) is 0. The number of benzene rings is 2. The number of Topliss-reactive ketones (excluding diaryl/α,β-unsaturated/α-hetero) is 1. The third kappa shape index (κ3) is 4.15. The number of ether oxygens (including phenoxy) is 1. The molecule has 1 heterocycles. The Balaban J connectivity index is 2.07. The van der Waals surface area contributed by atoms with Crippen molar-refractivity contribution < 1.29 is 23.5 Å². The Bertz CT molecular complexity index is 1120. The molecule has 154 valence electrons. The van der Waals surface area contributed by atoms with E-state index in [1.165, 1.54) is 24.3 Å². The highest BCUT2D eigenvalue weighted by molar-refractivity contribution is 6.47. The van der Waals surface area contributed by atoms with E-state index in [0.29, 0.717) is 16.9 Å². The van der Waals surface area contributed by atoms with Crippen LogP contribution in [-0.4, -0.2) is 29.3 Å². The number of esters is 1. The number of halogens is 1. The summed E-state index contributed by atoms with van der Waals surface area (Å²) >= 11 is 0. The van der Waals surface area contributed by atoms with Gasteiger partial charge < -0.3 is 15.0 Å². The molecule has 0 saturated heterocycles. The van der Waals surface area contributed by atoms with Gasteiger partial charge in [-0.1, -0.05) is 30.3 Å². The number of rotatable bonds is 6. The topological polar surface area (TPSA) is 88.3 Å². The highest BCUT2D eigenvalue weighted by atomic mass is 19.1. The number of aryl methyl sites for hydroxylation is 2. The number of hydrogen-bond donors (Lipinski definition) is 2. The summed E-state index contributed by atoms with van der Waals surface area (Å²) in [6, 6.07) is 12.4. The molecular formula is C23H21FN2O4. The van der Waals surface area contributed by atoms with Gasteiger partial charge in [-0.2, -0.15) is 0 Å². The third-order valence-corrected chi connectivity index (χ3v) is 4.63. The molecule has 0 aliphatic rings. The van der Waals surface area contributed by atoms with E-state index in [1.807, 2.05) is 19.1 Å². The van der Waals surface area contributed by atoms with Crippen molar-refractivity contribution in [3.63, 3.8) is 0 Å². The Hall–Kier alpha value is -3.74. The fourth-order valence-corrected chi connectivity index (χ4v) is 3.16. The van der Waals surface area contributed by atoms with Crippen LogP contribution >= 0.6 is 0 Å². The molecule has 0 radical (unpaired) electrons. The molecule has 7 heteroatoms. The molecule has 0 atom stereocenters. The molecule has 0 saturated carbocycles. The predicted octanol–water partition coefficient (Wildman–Crippen LogP) is 4.44. The zero-order chi connectivity index (χ0) is 21.8. The van der Waals surface area contributed by atoms with E-state index in [-0.39, 0.29) is 23.4 Å². The van der Waals surface area contributed by atoms with E-state index in [2.05, 4.69) is 10.3 Å². The first-order valence-corrected chi connectivity index (χ1v) is 9.40. The standard InChI is InChI=1S/C23H21FN2O4/c1-4-30-23(29)18-14(3)25-20(19(18)15-9-11-16(24)12-10-15)21(27)22(28)26-17-8-6-5-7-13(17)2/h5-12,25H,4H2,1-3H3,(H,26,28). The Morgan fingerprint density at radius 3 is 2.33 bits per heavy atom. The number of amides is 1. The lowest BCUT2D eigenvalue weighted by Crippen LogP contribution is -2.24. The maximum Gasteiger partial charge on any atom is 0.340 e. The van der Waals surface area contributed by atoms with Gasteiger partial charge in [-0.3, -0.25) is 9.59 Å². The zero-order valence-corrected chi connectivity index (χ0v) is 16.8. The van der Waals surface area contributed by atoms with Gasteiger partial charge in [0.05, 0.1) is 12.2 Å². The monoisotopic (exact) mass is 408 g/mol. The van der Waals surface area contributed by atoms with Gasteiger partial charge in [-0.15, -0.1) is 0 Å². The van der Waals surface area contributed by atoms with Gasteiger partial charge in [0.25, 0.3) is 11.7 Å². The number of anilines is 1. The number of para-hydroxylation sites is 1. The van der Waals surface area contributed by atoms with Gasteiger partial charge in [0.1, 0.15) is 11.5 Å². The molecule has 0 bridgehead atoms. The lowest BCUT2D eigenvalue weighted by atomic mass is 9.98. The number of hydrogen-bond acceptors (Lipinski definition) is 4. The fourth-order valence-electron chi connectivity index (χ4n) is 3.16. The summed E-state index contributed by atoms with van der Waals surface area (Å²) < 4.78 is 18.5. The smallest absolute Gasteiger partial charge is 0.340 e. The molecule has 1 aromatic heterocycles. The second-order valence-electron chi connectivity index (χ2n) is 6.70. The van der Waals surface area contributed by atoms with Crippen LogP contribution in [-0.2, 0) is 9.53 Å². The van der Waals surface area contributed by atoms with Crippen molar-refractivity contribution >= 4 is 23.3 Å². The Morgan fingerprint density at radius 2 is 1.70 bits per heavy atom. The average Bonchev–Trinajstić information content (AvgIpc) is 3.07. The van der Waals surface area contributed by atoms with Crippen molar-refractivity contribution in [1.82, 2.24) is 4.98 Å². The van der Waals surface area contributed by atoms with Crippen molar-refractivity contribution in [3.05, 3.63) is 76.9 Å². The number of aromatic nitrogens is 1. The highest BCUT2D eigenvalue weighted by Crippen LogP contribution is 2.32. The van der Waals surface area contributed by atoms with Crippen LogP contribution in [0.1, 0.15) is 39.0 Å². The Kier molecular flexibility index (Phi) is 6.11. The van der Waals surface area contributed by atoms with E-state index in [9.17, 15) is 18.8 Å². The molecule has 2 N–H and O–H groups in total. The van der Waals surface area contributed by atoms with Crippen LogP contribution in [0.5, 0.6) is 0 Å². The number of H-pyrrole nitrogens is 1. The lowest BCUT2D eigenvalue weighted by molar-refractivity contribution is -0.112. The first-order valence-electron chi connectivity index (χ1n) is 9.40. The maximum atomic E-state index is 13.4. The summed E-state index contributed by atoms with van der Waals surface area (Å²) in [5.41, 5.74) is 2.37. The molecule has 3 rings (SSSR count). The molecule has 30 heavy (non-hydrogen) atoms. The largest absolute Gasteiger partial charge is 0.462 e. The zero-order valence-electron chi connectivity index (χ0n) is 16.8. The minimum atomic E-state index is -0.857. The minimum Gasteiger partial charge on any atom is -0.462 e. The molecule has 0 spiro atoms. The van der Waals surface area contributed by atoms with Crippen molar-refractivity contribution in [2.45, 2.75) is 20.8 Å². The van der Waals surface area contributed by atoms with Gasteiger partial charge in [0, 0.05) is 16.9 Å². The number of nitrogens with one attached hydrogen (secondary N) is 2. The van der Waals surface area contributed by atoms with Crippen LogP contribution in [0.2, 0.25) is 0 Å². The fraction of sp³-hybridized carbons (Fsp3) is 0.174. The van der Waals surface area contributed by atoms with Gasteiger partial charge in [0.15, 0.2) is 0 Å². The van der Waals surface area contributed by atoms with E-state index in [0.717, 1.165) is 5.56 Å². The normalized spacial score (nSPS) is 10.5. The van der Waals surface area contributed by atoms with Crippen molar-refractivity contribution in [2.75, 3.05) is 11.9 Å². The van der Waals surface area contributed by atoms with Crippen LogP contribution in [0.15, 0.2) is 48.5 Å². The molecule has 0 aliphatic carbocycles. The average molecular weight is 408 g/mol. The maximum absolute atomic E-state index is 13.4.